The smallest absolute Gasteiger partial charge is 0.120 e. The van der Waals surface area contributed by atoms with Gasteiger partial charge in [0.25, 0.3) is 0 Å². The van der Waals surface area contributed by atoms with Crippen LogP contribution in [0, 0.1) is 11.3 Å². The molecule has 5 nitrogen and oxygen atoms in total. The lowest BCUT2D eigenvalue weighted by Crippen LogP contribution is -2.43. The van der Waals surface area contributed by atoms with Crippen LogP contribution in [0.3, 0.4) is 0 Å². The number of rotatable bonds is 7. The molecule has 0 amide bonds. The van der Waals surface area contributed by atoms with Gasteiger partial charge in [-0.3, -0.25) is 4.98 Å². The second-order valence-corrected chi connectivity index (χ2v) is 9.25. The van der Waals surface area contributed by atoms with Crippen LogP contribution >= 0.6 is 0 Å². The minimum atomic E-state index is 0.336. The third-order valence-corrected chi connectivity index (χ3v) is 7.05. The van der Waals surface area contributed by atoms with Crippen molar-refractivity contribution >= 4 is 0 Å². The highest BCUT2D eigenvalue weighted by Gasteiger charge is 2.39. The number of piperidine rings is 1. The van der Waals surface area contributed by atoms with Crippen molar-refractivity contribution < 1.29 is 4.74 Å². The molecule has 0 aliphatic carbocycles. The van der Waals surface area contributed by atoms with Crippen molar-refractivity contribution in [1.29, 1.82) is 5.26 Å². The third kappa shape index (κ3) is 5.08. The minimum absolute atomic E-state index is 0.336. The van der Waals surface area contributed by atoms with E-state index in [-0.39, 0.29) is 0 Å². The Labute approximate surface area is 196 Å². The Balaban J connectivity index is 1.12. The molecule has 2 atom stereocenters. The average Bonchev–Trinajstić information content (AvgIpc) is 3.05. The number of benzene rings is 2. The summed E-state index contributed by atoms with van der Waals surface area (Å²) in [5.41, 5.74) is 4.96. The van der Waals surface area contributed by atoms with Crippen LogP contribution in [0.5, 0.6) is 5.75 Å². The molecule has 3 heterocycles. The van der Waals surface area contributed by atoms with Crippen molar-refractivity contribution in [2.75, 3.05) is 7.05 Å². The van der Waals surface area contributed by atoms with Crippen molar-refractivity contribution in [3.05, 3.63) is 83.6 Å². The zero-order valence-corrected chi connectivity index (χ0v) is 19.1. The number of aromatic nitrogens is 1. The molecule has 0 saturated carbocycles. The average molecular weight is 439 g/mol. The van der Waals surface area contributed by atoms with E-state index < -0.39 is 0 Å². The first-order chi connectivity index (χ1) is 16.2. The fourth-order valence-electron chi connectivity index (χ4n) is 5.15. The van der Waals surface area contributed by atoms with Crippen LogP contribution < -0.4 is 10.1 Å². The number of nitrogens with one attached hydrogen (secondary N) is 1. The van der Waals surface area contributed by atoms with Crippen molar-refractivity contribution in [1.82, 2.24) is 15.2 Å². The number of hydrogen-bond acceptors (Lipinski definition) is 5. The lowest BCUT2D eigenvalue weighted by Gasteiger charge is -2.36. The number of fused-ring (bicyclic) bond motifs is 2. The van der Waals surface area contributed by atoms with Gasteiger partial charge in [0, 0.05) is 36.9 Å². The Morgan fingerprint density at radius 3 is 2.45 bits per heavy atom. The van der Waals surface area contributed by atoms with Gasteiger partial charge in [0.15, 0.2) is 0 Å². The summed E-state index contributed by atoms with van der Waals surface area (Å²) < 4.78 is 6.38. The van der Waals surface area contributed by atoms with Crippen LogP contribution in [0.2, 0.25) is 0 Å². The number of hydrogen-bond donors (Lipinski definition) is 1. The molecule has 2 saturated heterocycles. The van der Waals surface area contributed by atoms with Crippen molar-refractivity contribution in [3.8, 4) is 23.1 Å². The molecular formula is C28H30N4O. The van der Waals surface area contributed by atoms with E-state index in [1.54, 1.807) is 0 Å². The molecule has 0 radical (unpaired) electrons. The van der Waals surface area contributed by atoms with Crippen LogP contribution in [-0.2, 0) is 13.1 Å². The zero-order chi connectivity index (χ0) is 22.6. The SMILES string of the molecule is CN1C2CCC1CC(Oc1cccc(CNCc3ccc(-c4ccc(C#N)cc4)nc3)c1)C2. The number of pyridine rings is 1. The zero-order valence-electron chi connectivity index (χ0n) is 19.1. The first-order valence-electron chi connectivity index (χ1n) is 11.8. The van der Waals surface area contributed by atoms with Crippen molar-refractivity contribution in [2.24, 2.45) is 0 Å². The predicted octanol–water partition coefficient (Wildman–Crippen LogP) is 4.91. The van der Waals surface area contributed by atoms with E-state index in [1.165, 1.54) is 18.4 Å². The Hall–Kier alpha value is -3.20. The first-order valence-corrected chi connectivity index (χ1v) is 11.8. The summed E-state index contributed by atoms with van der Waals surface area (Å²) in [7, 11) is 2.26. The minimum Gasteiger partial charge on any atom is -0.490 e. The van der Waals surface area contributed by atoms with Gasteiger partial charge in [-0.25, -0.2) is 0 Å². The van der Waals surface area contributed by atoms with E-state index in [4.69, 9.17) is 10.00 Å². The molecule has 5 heteroatoms. The molecule has 2 fully saturated rings. The van der Waals surface area contributed by atoms with Crippen molar-refractivity contribution in [3.63, 3.8) is 0 Å². The summed E-state index contributed by atoms with van der Waals surface area (Å²) in [4.78, 5) is 7.13. The van der Waals surface area contributed by atoms with Gasteiger partial charge < -0.3 is 15.0 Å². The highest BCUT2D eigenvalue weighted by atomic mass is 16.5. The topological polar surface area (TPSA) is 61.2 Å². The Kier molecular flexibility index (Phi) is 6.39. The molecule has 33 heavy (non-hydrogen) atoms. The fourth-order valence-corrected chi connectivity index (χ4v) is 5.15. The summed E-state index contributed by atoms with van der Waals surface area (Å²) >= 11 is 0. The summed E-state index contributed by atoms with van der Waals surface area (Å²) in [6.45, 7) is 1.54. The third-order valence-electron chi connectivity index (χ3n) is 7.05. The molecular weight excluding hydrogens is 408 g/mol. The van der Waals surface area contributed by atoms with E-state index in [0.29, 0.717) is 23.8 Å². The van der Waals surface area contributed by atoms with E-state index in [2.05, 4.69) is 58.6 Å². The molecule has 2 bridgehead atoms. The molecule has 0 spiro atoms. The van der Waals surface area contributed by atoms with Gasteiger partial charge in [-0.2, -0.15) is 5.26 Å². The molecule has 2 unspecified atom stereocenters. The van der Waals surface area contributed by atoms with Crippen LogP contribution in [0.15, 0.2) is 66.9 Å². The normalized spacial score (nSPS) is 22.1. The summed E-state index contributed by atoms with van der Waals surface area (Å²) in [5, 5.41) is 12.5. The van der Waals surface area contributed by atoms with Gasteiger partial charge in [0.05, 0.1) is 17.3 Å². The van der Waals surface area contributed by atoms with Gasteiger partial charge in [0.1, 0.15) is 11.9 Å². The van der Waals surface area contributed by atoms with E-state index in [9.17, 15) is 0 Å². The summed E-state index contributed by atoms with van der Waals surface area (Å²) in [5.74, 6) is 0.983. The van der Waals surface area contributed by atoms with Gasteiger partial charge >= 0.3 is 0 Å². The molecule has 168 valence electrons. The maximum atomic E-state index is 8.94. The predicted molar refractivity (Wildman–Crippen MR) is 130 cm³/mol. The maximum absolute atomic E-state index is 8.94. The second kappa shape index (κ2) is 9.74. The van der Waals surface area contributed by atoms with Crippen LogP contribution in [-0.4, -0.2) is 35.1 Å². The van der Waals surface area contributed by atoms with Gasteiger partial charge in [-0.05, 0) is 74.2 Å². The molecule has 2 aliphatic rings. The van der Waals surface area contributed by atoms with Crippen LogP contribution in [0.25, 0.3) is 11.3 Å². The second-order valence-electron chi connectivity index (χ2n) is 9.25. The number of ether oxygens (including phenoxy) is 1. The lowest BCUT2D eigenvalue weighted by atomic mass is 10.0. The summed E-state index contributed by atoms with van der Waals surface area (Å²) in [6.07, 6.45) is 7.15. The molecule has 2 aromatic carbocycles. The van der Waals surface area contributed by atoms with E-state index in [1.807, 2.05) is 36.5 Å². The van der Waals surface area contributed by atoms with Crippen molar-refractivity contribution in [2.45, 2.75) is 57.0 Å². The van der Waals surface area contributed by atoms with Crippen LogP contribution in [0.4, 0.5) is 0 Å². The Bertz CT molecular complexity index is 1110. The van der Waals surface area contributed by atoms with E-state index in [0.717, 1.165) is 48.5 Å². The molecule has 3 aromatic rings. The number of nitrogens with zero attached hydrogens (tertiary/aromatic N) is 3. The highest BCUT2D eigenvalue weighted by molar-refractivity contribution is 5.60. The maximum Gasteiger partial charge on any atom is 0.120 e. The number of nitriles is 1. The van der Waals surface area contributed by atoms with Gasteiger partial charge in [0.2, 0.25) is 0 Å². The monoisotopic (exact) mass is 438 g/mol. The Morgan fingerprint density at radius 1 is 1.00 bits per heavy atom. The standard InChI is InChI=1S/C28H30N4O/c1-32-24-10-11-25(32)15-27(14-24)33-26-4-2-3-21(13-26)17-30-18-22-7-12-28(31-19-22)23-8-5-20(16-29)6-9-23/h2-9,12-13,19,24-25,27,30H,10-11,14-15,17-18H2,1H3. The molecule has 1 aromatic heterocycles. The van der Waals surface area contributed by atoms with Gasteiger partial charge in [-0.1, -0.05) is 30.3 Å². The van der Waals surface area contributed by atoms with Gasteiger partial charge in [-0.15, -0.1) is 0 Å². The van der Waals surface area contributed by atoms with E-state index >= 15 is 0 Å². The quantitative estimate of drug-likeness (QED) is 0.568. The molecule has 5 rings (SSSR count). The highest BCUT2D eigenvalue weighted by Crippen LogP contribution is 2.36. The largest absolute Gasteiger partial charge is 0.490 e. The fraction of sp³-hybridized carbons (Fsp3) is 0.357. The Morgan fingerprint density at radius 2 is 1.76 bits per heavy atom. The summed E-state index contributed by atoms with van der Waals surface area (Å²) in [6, 6.07) is 23.6. The first kappa shape index (κ1) is 21.6. The van der Waals surface area contributed by atoms with Crippen LogP contribution in [0.1, 0.15) is 42.4 Å². The molecule has 1 N–H and O–H groups in total. The molecule has 2 aliphatic heterocycles. The lowest BCUT2D eigenvalue weighted by molar-refractivity contribution is 0.0661.